The molecule has 5 nitrogen and oxygen atoms in total. The van der Waals surface area contributed by atoms with Crippen molar-refractivity contribution in [2.75, 3.05) is 5.43 Å². The van der Waals surface area contributed by atoms with Crippen LogP contribution in [0.25, 0.3) is 10.9 Å². The number of hydrogen-bond acceptors (Lipinski definition) is 5. The predicted octanol–water partition coefficient (Wildman–Crippen LogP) is 5.46. The van der Waals surface area contributed by atoms with Crippen molar-refractivity contribution >= 4 is 31.3 Å². The van der Waals surface area contributed by atoms with Gasteiger partial charge in [-0.2, -0.15) is 5.10 Å². The van der Waals surface area contributed by atoms with E-state index in [1.54, 1.807) is 12.4 Å². The summed E-state index contributed by atoms with van der Waals surface area (Å²) in [6.07, 6.45) is 3.41. The van der Waals surface area contributed by atoms with Crippen molar-refractivity contribution in [3.63, 3.8) is 0 Å². The molecule has 0 amide bonds. The van der Waals surface area contributed by atoms with Gasteiger partial charge in [0.15, 0.2) is 0 Å². The van der Waals surface area contributed by atoms with Crippen LogP contribution in [0.4, 0.5) is 5.82 Å². The highest BCUT2D eigenvalue weighted by molar-refractivity contribution is 6.74. The highest BCUT2D eigenvalue weighted by Gasteiger charge is 2.39. The molecule has 3 rings (SSSR count). The predicted molar refractivity (Wildman–Crippen MR) is 115 cm³/mol. The van der Waals surface area contributed by atoms with E-state index >= 15 is 0 Å². The molecule has 1 N–H and O–H groups in total. The van der Waals surface area contributed by atoms with Gasteiger partial charge in [0.25, 0.3) is 8.32 Å². The van der Waals surface area contributed by atoms with Gasteiger partial charge in [-0.05, 0) is 42.4 Å². The Hall–Kier alpha value is -2.73. The van der Waals surface area contributed by atoms with E-state index in [9.17, 15) is 0 Å². The second-order valence-corrected chi connectivity index (χ2v) is 12.7. The maximum Gasteiger partial charge on any atom is 0.250 e. The second-order valence-electron chi connectivity index (χ2n) is 8.01. The van der Waals surface area contributed by atoms with Crippen molar-refractivity contribution in [1.82, 2.24) is 9.97 Å². The molecule has 0 radical (unpaired) electrons. The van der Waals surface area contributed by atoms with Gasteiger partial charge >= 0.3 is 0 Å². The van der Waals surface area contributed by atoms with Crippen LogP contribution < -0.4 is 9.85 Å². The molecule has 0 fully saturated rings. The number of nitrogens with one attached hydrogen (secondary N) is 1. The summed E-state index contributed by atoms with van der Waals surface area (Å²) in [6.45, 7) is 11.2. The van der Waals surface area contributed by atoms with E-state index < -0.39 is 8.32 Å². The Morgan fingerprint density at radius 2 is 1.85 bits per heavy atom. The lowest BCUT2D eigenvalue weighted by molar-refractivity contribution is 0.495. The molecule has 3 aromatic rings. The van der Waals surface area contributed by atoms with E-state index in [0.717, 1.165) is 22.3 Å². The van der Waals surface area contributed by atoms with Crippen LogP contribution in [-0.2, 0) is 0 Å². The first-order valence-electron chi connectivity index (χ1n) is 9.05. The molecule has 2 heterocycles. The summed E-state index contributed by atoms with van der Waals surface area (Å²) in [6, 6.07) is 15.7. The van der Waals surface area contributed by atoms with Crippen molar-refractivity contribution in [3.8, 4) is 5.75 Å². The third kappa shape index (κ3) is 4.52. The molecule has 1 aromatic carbocycles. The largest absolute Gasteiger partial charge is 0.542 e. The van der Waals surface area contributed by atoms with Crippen molar-refractivity contribution in [3.05, 3.63) is 60.4 Å². The van der Waals surface area contributed by atoms with E-state index in [4.69, 9.17) is 9.41 Å². The average molecular weight is 379 g/mol. The minimum atomic E-state index is -1.94. The third-order valence-corrected chi connectivity index (χ3v) is 9.26. The Balaban J connectivity index is 1.87. The first kappa shape index (κ1) is 19.0. The van der Waals surface area contributed by atoms with E-state index in [2.05, 4.69) is 49.4 Å². The van der Waals surface area contributed by atoms with Gasteiger partial charge in [0, 0.05) is 11.6 Å². The zero-order chi connectivity index (χ0) is 19.5. The maximum absolute atomic E-state index is 6.51. The molecule has 0 aliphatic heterocycles. The lowest BCUT2D eigenvalue weighted by Gasteiger charge is -2.36. The molecule has 140 valence electrons. The van der Waals surface area contributed by atoms with Crippen LogP contribution in [0.2, 0.25) is 18.1 Å². The number of hydrazone groups is 1. The second kappa shape index (κ2) is 7.48. The number of anilines is 1. The fourth-order valence-corrected chi connectivity index (χ4v) is 3.33. The summed E-state index contributed by atoms with van der Waals surface area (Å²) >= 11 is 0. The standard InChI is InChI=1S/C21H26N4OSi/c1-21(2,3)27(4,5)26-18-10-8-9-16-12-13-17(24-20(16)18)15-23-25-19-11-6-7-14-22-19/h6-15H,1-5H3,(H,22,25). The van der Waals surface area contributed by atoms with Gasteiger partial charge < -0.3 is 4.43 Å². The van der Waals surface area contributed by atoms with E-state index in [1.165, 1.54) is 0 Å². The minimum Gasteiger partial charge on any atom is -0.542 e. The number of benzene rings is 1. The fourth-order valence-electron chi connectivity index (χ4n) is 2.31. The third-order valence-electron chi connectivity index (χ3n) is 4.92. The van der Waals surface area contributed by atoms with Gasteiger partial charge in [-0.15, -0.1) is 0 Å². The van der Waals surface area contributed by atoms with Crippen molar-refractivity contribution in [1.29, 1.82) is 0 Å². The lowest BCUT2D eigenvalue weighted by Crippen LogP contribution is -2.43. The molecule has 0 unspecified atom stereocenters. The van der Waals surface area contributed by atoms with Gasteiger partial charge in [-0.3, -0.25) is 5.43 Å². The molecule has 27 heavy (non-hydrogen) atoms. The SMILES string of the molecule is CC(C)(C)[Si](C)(C)Oc1cccc2ccc(C=NNc3ccccn3)nc12. The van der Waals surface area contributed by atoms with Crippen LogP contribution >= 0.6 is 0 Å². The number of nitrogens with zero attached hydrogens (tertiary/aromatic N) is 3. The first-order valence-corrected chi connectivity index (χ1v) is 12.0. The molecule has 0 saturated carbocycles. The quantitative estimate of drug-likeness (QED) is 0.364. The number of para-hydroxylation sites is 1. The molecular formula is C21H26N4OSi. The number of pyridine rings is 2. The summed E-state index contributed by atoms with van der Waals surface area (Å²) in [4.78, 5) is 8.94. The van der Waals surface area contributed by atoms with E-state index in [0.29, 0.717) is 5.82 Å². The molecular weight excluding hydrogens is 352 g/mol. The summed E-state index contributed by atoms with van der Waals surface area (Å²) in [5.74, 6) is 1.53. The van der Waals surface area contributed by atoms with Gasteiger partial charge in [-0.1, -0.05) is 45.0 Å². The van der Waals surface area contributed by atoms with Gasteiger partial charge in [0.05, 0.1) is 11.9 Å². The molecule has 2 aromatic heterocycles. The smallest absolute Gasteiger partial charge is 0.250 e. The molecule has 0 spiro atoms. The van der Waals surface area contributed by atoms with Crippen molar-refractivity contribution in [2.45, 2.75) is 38.9 Å². The molecule has 6 heteroatoms. The topological polar surface area (TPSA) is 59.4 Å². The van der Waals surface area contributed by atoms with Crippen LogP contribution in [0.5, 0.6) is 5.75 Å². The Bertz CT molecular complexity index is 949. The van der Waals surface area contributed by atoms with Crippen molar-refractivity contribution in [2.24, 2.45) is 5.10 Å². The Labute approximate surface area is 161 Å². The number of rotatable bonds is 5. The Morgan fingerprint density at radius 1 is 1.04 bits per heavy atom. The van der Waals surface area contributed by atoms with Crippen LogP contribution in [0.3, 0.4) is 0 Å². The van der Waals surface area contributed by atoms with Crippen LogP contribution in [-0.4, -0.2) is 24.5 Å². The zero-order valence-electron chi connectivity index (χ0n) is 16.5. The van der Waals surface area contributed by atoms with Gasteiger partial charge in [0.2, 0.25) is 0 Å². The van der Waals surface area contributed by atoms with E-state index in [1.807, 2.05) is 48.5 Å². The summed E-state index contributed by atoms with van der Waals surface area (Å²) in [7, 11) is -1.94. The number of aromatic nitrogens is 2. The normalized spacial score (nSPS) is 12.5. The first-order chi connectivity index (χ1) is 12.8. The van der Waals surface area contributed by atoms with Gasteiger partial charge in [0.1, 0.15) is 17.1 Å². The molecule has 0 bridgehead atoms. The van der Waals surface area contributed by atoms with Crippen LogP contribution in [0, 0.1) is 0 Å². The maximum atomic E-state index is 6.51. The minimum absolute atomic E-state index is 0.126. The number of fused-ring (bicyclic) bond motifs is 1. The summed E-state index contributed by atoms with van der Waals surface area (Å²) in [5.41, 5.74) is 4.53. The fraction of sp³-hybridized carbons (Fsp3) is 0.286. The van der Waals surface area contributed by atoms with Crippen LogP contribution in [0.1, 0.15) is 26.5 Å². The van der Waals surface area contributed by atoms with Crippen LogP contribution in [0.15, 0.2) is 59.8 Å². The monoisotopic (exact) mass is 378 g/mol. The summed E-state index contributed by atoms with van der Waals surface area (Å²) in [5, 5.41) is 5.41. The molecule has 0 saturated heterocycles. The Morgan fingerprint density at radius 3 is 2.56 bits per heavy atom. The lowest BCUT2D eigenvalue weighted by atomic mass is 10.2. The highest BCUT2D eigenvalue weighted by Crippen LogP contribution is 2.38. The molecule has 0 atom stereocenters. The summed E-state index contributed by atoms with van der Waals surface area (Å²) < 4.78 is 6.51. The zero-order valence-corrected chi connectivity index (χ0v) is 17.5. The molecule has 0 aliphatic carbocycles. The molecule has 0 aliphatic rings. The van der Waals surface area contributed by atoms with Crippen molar-refractivity contribution < 1.29 is 4.43 Å². The highest BCUT2D eigenvalue weighted by atomic mass is 28.4. The van der Waals surface area contributed by atoms with Gasteiger partial charge in [-0.25, -0.2) is 9.97 Å². The Kier molecular flexibility index (Phi) is 5.28. The average Bonchev–Trinajstić information content (AvgIpc) is 2.62. The number of hydrogen-bond donors (Lipinski definition) is 1. The van der Waals surface area contributed by atoms with E-state index in [-0.39, 0.29) is 5.04 Å².